The van der Waals surface area contributed by atoms with E-state index >= 15 is 0 Å². The number of hydrogen-bond acceptors (Lipinski definition) is 3. The van der Waals surface area contributed by atoms with Crippen LogP contribution in [0.1, 0.15) is 28.4 Å². The van der Waals surface area contributed by atoms with Crippen molar-refractivity contribution in [1.29, 1.82) is 0 Å². The molecule has 1 heterocycles. The molecule has 30 heavy (non-hydrogen) atoms. The van der Waals surface area contributed by atoms with Gasteiger partial charge in [0.25, 0.3) is 11.8 Å². The van der Waals surface area contributed by atoms with Crippen LogP contribution in [-0.2, 0) is 16.9 Å². The fourth-order valence-corrected chi connectivity index (χ4v) is 3.93. The predicted molar refractivity (Wildman–Crippen MR) is 115 cm³/mol. The lowest BCUT2D eigenvalue weighted by molar-refractivity contribution is -0.131. The minimum atomic E-state index is -1.16. The first-order chi connectivity index (χ1) is 14.3. The standard InChI is InChI=1S/C24H23N3O3/c1-24(20-13-7-10-17-9-4-5-12-19(17)20)22(29)27(23(30)25-24)15-16-8-6-11-18(14-16)21(28)26(2)3/h4-14H,15H2,1-3H3,(H,25,30). The third-order valence-electron chi connectivity index (χ3n) is 5.52. The lowest BCUT2D eigenvalue weighted by Gasteiger charge is -2.24. The van der Waals surface area contributed by atoms with E-state index in [0.717, 1.165) is 16.3 Å². The Kier molecular flexibility index (Phi) is 4.78. The molecule has 0 bridgehead atoms. The second kappa shape index (κ2) is 7.30. The van der Waals surface area contributed by atoms with Crippen molar-refractivity contribution in [2.45, 2.75) is 19.0 Å². The number of benzene rings is 3. The highest BCUT2D eigenvalue weighted by Gasteiger charge is 2.49. The van der Waals surface area contributed by atoms with Gasteiger partial charge in [0.1, 0.15) is 5.54 Å². The molecule has 3 aromatic carbocycles. The van der Waals surface area contributed by atoms with Crippen molar-refractivity contribution in [3.05, 3.63) is 83.4 Å². The maximum absolute atomic E-state index is 13.4. The lowest BCUT2D eigenvalue weighted by Crippen LogP contribution is -2.41. The summed E-state index contributed by atoms with van der Waals surface area (Å²) in [6.45, 7) is 1.83. The number of amides is 4. The molecule has 152 valence electrons. The van der Waals surface area contributed by atoms with E-state index in [2.05, 4.69) is 5.32 Å². The van der Waals surface area contributed by atoms with Crippen LogP contribution < -0.4 is 5.32 Å². The van der Waals surface area contributed by atoms with Crippen molar-refractivity contribution in [2.24, 2.45) is 0 Å². The van der Waals surface area contributed by atoms with E-state index in [0.29, 0.717) is 11.1 Å². The van der Waals surface area contributed by atoms with Gasteiger partial charge in [-0.1, -0.05) is 54.6 Å². The Morgan fingerprint density at radius 1 is 1.00 bits per heavy atom. The third kappa shape index (κ3) is 3.20. The topological polar surface area (TPSA) is 69.7 Å². The molecule has 6 nitrogen and oxygen atoms in total. The van der Waals surface area contributed by atoms with Crippen LogP contribution in [0.3, 0.4) is 0 Å². The van der Waals surface area contributed by atoms with Gasteiger partial charge in [-0.25, -0.2) is 4.79 Å². The van der Waals surface area contributed by atoms with Crippen LogP contribution in [0.4, 0.5) is 4.79 Å². The smallest absolute Gasteiger partial charge is 0.325 e. The lowest BCUT2D eigenvalue weighted by atomic mass is 9.88. The Hall–Kier alpha value is -3.67. The number of imide groups is 1. The maximum atomic E-state index is 13.4. The number of carbonyl (C=O) groups is 3. The molecule has 1 saturated heterocycles. The summed E-state index contributed by atoms with van der Waals surface area (Å²) >= 11 is 0. The van der Waals surface area contributed by atoms with Crippen LogP contribution in [-0.4, -0.2) is 41.7 Å². The molecule has 1 N–H and O–H groups in total. The fourth-order valence-electron chi connectivity index (χ4n) is 3.93. The van der Waals surface area contributed by atoms with Gasteiger partial charge in [-0.3, -0.25) is 14.5 Å². The van der Waals surface area contributed by atoms with E-state index < -0.39 is 11.6 Å². The highest BCUT2D eigenvalue weighted by Crippen LogP contribution is 2.34. The second-order valence-electron chi connectivity index (χ2n) is 7.87. The number of nitrogens with zero attached hydrogens (tertiary/aromatic N) is 2. The second-order valence-corrected chi connectivity index (χ2v) is 7.87. The summed E-state index contributed by atoms with van der Waals surface area (Å²) in [6.07, 6.45) is 0. The molecule has 1 aliphatic rings. The van der Waals surface area contributed by atoms with Crippen LogP contribution in [0.15, 0.2) is 66.7 Å². The Labute approximate surface area is 175 Å². The van der Waals surface area contributed by atoms with E-state index in [9.17, 15) is 14.4 Å². The van der Waals surface area contributed by atoms with E-state index in [4.69, 9.17) is 0 Å². The first-order valence-electron chi connectivity index (χ1n) is 9.74. The average Bonchev–Trinajstić information content (AvgIpc) is 2.96. The Bertz CT molecular complexity index is 1170. The summed E-state index contributed by atoms with van der Waals surface area (Å²) < 4.78 is 0. The molecule has 0 radical (unpaired) electrons. The normalized spacial score (nSPS) is 18.6. The monoisotopic (exact) mass is 401 g/mol. The van der Waals surface area contributed by atoms with Gasteiger partial charge in [0.2, 0.25) is 0 Å². The molecule has 0 saturated carbocycles. The SMILES string of the molecule is CN(C)C(=O)c1cccc(CN2C(=O)NC(C)(c3cccc4ccccc34)C2=O)c1. The van der Waals surface area contributed by atoms with Crippen LogP contribution in [0.2, 0.25) is 0 Å². The molecule has 4 rings (SSSR count). The Balaban J connectivity index is 1.67. The van der Waals surface area contributed by atoms with Crippen LogP contribution in [0.5, 0.6) is 0 Å². The first kappa shape index (κ1) is 19.6. The van der Waals surface area contributed by atoms with Crippen molar-refractivity contribution in [1.82, 2.24) is 15.1 Å². The van der Waals surface area contributed by atoms with E-state index in [1.165, 1.54) is 9.80 Å². The van der Waals surface area contributed by atoms with Gasteiger partial charge in [0.15, 0.2) is 0 Å². The molecule has 1 fully saturated rings. The van der Waals surface area contributed by atoms with Gasteiger partial charge in [0, 0.05) is 19.7 Å². The molecular formula is C24H23N3O3. The predicted octanol–water partition coefficient (Wildman–Crippen LogP) is 3.51. The quantitative estimate of drug-likeness (QED) is 0.680. The first-order valence-corrected chi connectivity index (χ1v) is 9.74. The molecule has 4 amide bonds. The summed E-state index contributed by atoms with van der Waals surface area (Å²) in [5.41, 5.74) is 0.836. The molecule has 1 aliphatic heterocycles. The molecule has 0 aliphatic carbocycles. The molecule has 6 heteroatoms. The summed E-state index contributed by atoms with van der Waals surface area (Å²) in [6, 6.07) is 20.1. The highest BCUT2D eigenvalue weighted by molar-refractivity contribution is 6.09. The van der Waals surface area contributed by atoms with Crippen molar-refractivity contribution in [2.75, 3.05) is 14.1 Å². The third-order valence-corrected chi connectivity index (χ3v) is 5.52. The number of hydrogen-bond donors (Lipinski definition) is 1. The fraction of sp³-hybridized carbons (Fsp3) is 0.208. The van der Waals surface area contributed by atoms with Gasteiger partial charge in [-0.15, -0.1) is 0 Å². The number of carbonyl (C=O) groups excluding carboxylic acids is 3. The van der Waals surface area contributed by atoms with Crippen molar-refractivity contribution < 1.29 is 14.4 Å². The Morgan fingerprint density at radius 3 is 2.47 bits per heavy atom. The zero-order chi connectivity index (χ0) is 21.5. The van der Waals surface area contributed by atoms with Gasteiger partial charge < -0.3 is 10.2 Å². The van der Waals surface area contributed by atoms with Crippen LogP contribution in [0, 0.1) is 0 Å². The minimum absolute atomic E-state index is 0.0968. The molecule has 1 unspecified atom stereocenters. The summed E-state index contributed by atoms with van der Waals surface area (Å²) in [4.78, 5) is 41.1. The molecule has 0 spiro atoms. The number of urea groups is 1. The van der Waals surface area contributed by atoms with Crippen molar-refractivity contribution in [3.8, 4) is 0 Å². The van der Waals surface area contributed by atoms with E-state index in [-0.39, 0.29) is 18.4 Å². The van der Waals surface area contributed by atoms with E-state index in [1.54, 1.807) is 45.3 Å². The maximum Gasteiger partial charge on any atom is 0.325 e. The van der Waals surface area contributed by atoms with Crippen LogP contribution in [0.25, 0.3) is 10.8 Å². The molecular weight excluding hydrogens is 378 g/mol. The summed E-state index contributed by atoms with van der Waals surface area (Å²) in [5.74, 6) is -0.442. The summed E-state index contributed by atoms with van der Waals surface area (Å²) in [7, 11) is 3.37. The highest BCUT2D eigenvalue weighted by atomic mass is 16.2. The van der Waals surface area contributed by atoms with E-state index in [1.807, 2.05) is 42.5 Å². The van der Waals surface area contributed by atoms with Gasteiger partial charge in [-0.2, -0.15) is 0 Å². The Morgan fingerprint density at radius 2 is 1.70 bits per heavy atom. The number of fused-ring (bicyclic) bond motifs is 1. The largest absolute Gasteiger partial charge is 0.345 e. The number of nitrogens with one attached hydrogen (secondary N) is 1. The zero-order valence-corrected chi connectivity index (χ0v) is 17.2. The van der Waals surface area contributed by atoms with Gasteiger partial charge >= 0.3 is 6.03 Å². The summed E-state index contributed by atoms with van der Waals surface area (Å²) in [5, 5.41) is 4.81. The van der Waals surface area contributed by atoms with Gasteiger partial charge in [0.05, 0.1) is 6.54 Å². The average molecular weight is 401 g/mol. The molecule has 3 aromatic rings. The molecule has 0 aromatic heterocycles. The van der Waals surface area contributed by atoms with Crippen molar-refractivity contribution >= 4 is 28.6 Å². The van der Waals surface area contributed by atoms with Crippen LogP contribution >= 0.6 is 0 Å². The van der Waals surface area contributed by atoms with Crippen molar-refractivity contribution in [3.63, 3.8) is 0 Å². The minimum Gasteiger partial charge on any atom is -0.345 e. The molecule has 1 atom stereocenters. The van der Waals surface area contributed by atoms with Gasteiger partial charge in [-0.05, 0) is 41.0 Å². The zero-order valence-electron chi connectivity index (χ0n) is 17.2. The number of rotatable bonds is 4.